The minimum absolute atomic E-state index is 0.129. The van der Waals surface area contributed by atoms with Crippen molar-refractivity contribution in [2.75, 3.05) is 11.9 Å². The molecule has 7 nitrogen and oxygen atoms in total. The second-order valence-electron chi connectivity index (χ2n) is 4.51. The van der Waals surface area contributed by atoms with Crippen LogP contribution in [0.5, 0.6) is 0 Å². The topological polar surface area (TPSA) is 105 Å². The first kappa shape index (κ1) is 12.3. The zero-order valence-corrected chi connectivity index (χ0v) is 9.79. The number of rotatable bonds is 5. The van der Waals surface area contributed by atoms with E-state index in [0.29, 0.717) is 18.4 Å². The summed E-state index contributed by atoms with van der Waals surface area (Å²) < 4.78 is 0. The van der Waals surface area contributed by atoms with Crippen molar-refractivity contribution in [1.29, 1.82) is 0 Å². The highest BCUT2D eigenvalue weighted by Crippen LogP contribution is 2.38. The van der Waals surface area contributed by atoms with Gasteiger partial charge in [-0.1, -0.05) is 6.92 Å². The highest BCUT2D eigenvalue weighted by atomic mass is 16.6. The molecule has 2 rings (SSSR count). The number of nitrogens with zero attached hydrogens (tertiary/aromatic N) is 2. The van der Waals surface area contributed by atoms with Crippen LogP contribution >= 0.6 is 0 Å². The maximum Gasteiger partial charge on any atom is 0.337 e. The van der Waals surface area contributed by atoms with Crippen molar-refractivity contribution >= 4 is 17.5 Å². The number of carbonyl (C=O) groups is 1. The van der Waals surface area contributed by atoms with Crippen molar-refractivity contribution in [1.82, 2.24) is 4.98 Å². The predicted molar refractivity (Wildman–Crippen MR) is 63.6 cm³/mol. The van der Waals surface area contributed by atoms with E-state index in [-0.39, 0.29) is 17.1 Å². The van der Waals surface area contributed by atoms with Crippen LogP contribution in [0.2, 0.25) is 0 Å². The molecular formula is C11H13N3O4. The molecule has 1 aromatic rings. The molecule has 2 atom stereocenters. The quantitative estimate of drug-likeness (QED) is 0.610. The summed E-state index contributed by atoms with van der Waals surface area (Å²) in [5.41, 5.74) is -0.491. The first-order chi connectivity index (χ1) is 8.49. The Kier molecular flexibility index (Phi) is 3.14. The molecule has 1 aromatic heterocycles. The van der Waals surface area contributed by atoms with E-state index in [4.69, 9.17) is 5.11 Å². The Morgan fingerprint density at radius 3 is 2.89 bits per heavy atom. The Balaban J connectivity index is 2.17. The molecule has 18 heavy (non-hydrogen) atoms. The van der Waals surface area contributed by atoms with Gasteiger partial charge in [-0.3, -0.25) is 10.1 Å². The fourth-order valence-corrected chi connectivity index (χ4v) is 1.76. The number of anilines is 1. The highest BCUT2D eigenvalue weighted by molar-refractivity contribution is 5.88. The molecular weight excluding hydrogens is 238 g/mol. The van der Waals surface area contributed by atoms with Crippen molar-refractivity contribution in [2.24, 2.45) is 11.8 Å². The molecule has 0 spiro atoms. The predicted octanol–water partition coefficient (Wildman–Crippen LogP) is 1.76. The van der Waals surface area contributed by atoms with Gasteiger partial charge in [0.25, 0.3) is 0 Å². The average Bonchev–Trinajstić information content (AvgIpc) is 3.02. The van der Waals surface area contributed by atoms with Crippen molar-refractivity contribution in [3.8, 4) is 0 Å². The molecule has 1 aliphatic rings. The van der Waals surface area contributed by atoms with Gasteiger partial charge in [-0.25, -0.2) is 9.78 Å². The van der Waals surface area contributed by atoms with E-state index >= 15 is 0 Å². The zero-order valence-electron chi connectivity index (χ0n) is 9.79. The van der Waals surface area contributed by atoms with Crippen LogP contribution in [0.4, 0.5) is 11.5 Å². The van der Waals surface area contributed by atoms with Gasteiger partial charge in [0, 0.05) is 18.8 Å². The van der Waals surface area contributed by atoms with E-state index in [1.54, 1.807) is 0 Å². The SMILES string of the molecule is CC1CC1CNc1ncc(C(=O)O)cc1[N+](=O)[O-]. The standard InChI is InChI=1S/C11H13N3O4/c1-6-2-7(6)4-12-10-9(14(17)18)3-8(5-13-10)11(15)16/h3,5-7H,2,4H2,1H3,(H,12,13)(H,15,16). The summed E-state index contributed by atoms with van der Waals surface area (Å²) in [6.45, 7) is 2.74. The maximum absolute atomic E-state index is 10.9. The van der Waals surface area contributed by atoms with Crippen LogP contribution in [0.25, 0.3) is 0 Å². The fourth-order valence-electron chi connectivity index (χ4n) is 1.76. The summed E-state index contributed by atoms with van der Waals surface area (Å²) in [6, 6.07) is 1.02. The molecule has 1 heterocycles. The van der Waals surface area contributed by atoms with Crippen LogP contribution in [0.15, 0.2) is 12.3 Å². The minimum atomic E-state index is -1.23. The van der Waals surface area contributed by atoms with Gasteiger partial charge in [-0.15, -0.1) is 0 Å². The molecule has 7 heteroatoms. The normalized spacial score (nSPS) is 21.4. The number of aromatic nitrogens is 1. The molecule has 0 radical (unpaired) electrons. The molecule has 1 aliphatic carbocycles. The molecule has 0 aromatic carbocycles. The van der Waals surface area contributed by atoms with E-state index in [1.165, 1.54) is 0 Å². The van der Waals surface area contributed by atoms with Crippen molar-refractivity contribution < 1.29 is 14.8 Å². The Hall–Kier alpha value is -2.18. The number of nitrogens with one attached hydrogen (secondary N) is 1. The van der Waals surface area contributed by atoms with Crippen LogP contribution in [-0.4, -0.2) is 27.5 Å². The van der Waals surface area contributed by atoms with E-state index in [1.807, 2.05) is 0 Å². The van der Waals surface area contributed by atoms with Gasteiger partial charge in [-0.2, -0.15) is 0 Å². The van der Waals surface area contributed by atoms with Crippen LogP contribution in [0, 0.1) is 22.0 Å². The molecule has 1 fully saturated rings. The summed E-state index contributed by atoms with van der Waals surface area (Å²) in [5, 5.41) is 22.5. The summed E-state index contributed by atoms with van der Waals surface area (Å²) in [4.78, 5) is 24.8. The second kappa shape index (κ2) is 4.59. The minimum Gasteiger partial charge on any atom is -0.478 e. The first-order valence-electron chi connectivity index (χ1n) is 5.60. The first-order valence-corrected chi connectivity index (χ1v) is 5.60. The Morgan fingerprint density at radius 2 is 2.39 bits per heavy atom. The van der Waals surface area contributed by atoms with Crippen LogP contribution in [-0.2, 0) is 0 Å². The third-order valence-corrected chi connectivity index (χ3v) is 3.12. The van der Waals surface area contributed by atoms with Crippen molar-refractivity contribution in [3.63, 3.8) is 0 Å². The fraction of sp³-hybridized carbons (Fsp3) is 0.455. The highest BCUT2D eigenvalue weighted by Gasteiger charge is 2.32. The molecule has 2 N–H and O–H groups in total. The van der Waals surface area contributed by atoms with Gasteiger partial charge in [-0.05, 0) is 18.3 Å². The van der Waals surface area contributed by atoms with Crippen LogP contribution < -0.4 is 5.32 Å². The Bertz CT molecular complexity index is 503. The van der Waals surface area contributed by atoms with Crippen LogP contribution in [0.1, 0.15) is 23.7 Å². The zero-order chi connectivity index (χ0) is 13.3. The summed E-state index contributed by atoms with van der Waals surface area (Å²) in [7, 11) is 0. The van der Waals surface area contributed by atoms with Gasteiger partial charge in [0.1, 0.15) is 0 Å². The lowest BCUT2D eigenvalue weighted by Crippen LogP contribution is -2.09. The molecule has 96 valence electrons. The molecule has 0 aliphatic heterocycles. The number of hydrogen-bond donors (Lipinski definition) is 2. The van der Waals surface area contributed by atoms with Gasteiger partial charge < -0.3 is 10.4 Å². The smallest absolute Gasteiger partial charge is 0.337 e. The summed E-state index contributed by atoms with van der Waals surface area (Å²) in [6.07, 6.45) is 2.22. The molecule has 0 amide bonds. The van der Waals surface area contributed by atoms with Gasteiger partial charge in [0.05, 0.1) is 10.5 Å². The van der Waals surface area contributed by atoms with E-state index in [0.717, 1.165) is 18.7 Å². The molecule has 0 saturated heterocycles. The number of carboxylic acids is 1. The van der Waals surface area contributed by atoms with E-state index < -0.39 is 10.9 Å². The van der Waals surface area contributed by atoms with Gasteiger partial charge >= 0.3 is 11.7 Å². The number of hydrogen-bond acceptors (Lipinski definition) is 5. The monoisotopic (exact) mass is 251 g/mol. The largest absolute Gasteiger partial charge is 0.478 e. The summed E-state index contributed by atoms with van der Waals surface area (Å²) >= 11 is 0. The van der Waals surface area contributed by atoms with E-state index in [2.05, 4.69) is 17.2 Å². The Labute approximate surface area is 103 Å². The maximum atomic E-state index is 10.9. The molecule has 2 unspecified atom stereocenters. The van der Waals surface area contributed by atoms with E-state index in [9.17, 15) is 14.9 Å². The third kappa shape index (κ3) is 2.55. The lowest BCUT2D eigenvalue weighted by Gasteiger charge is -2.05. The van der Waals surface area contributed by atoms with Gasteiger partial charge in [0.2, 0.25) is 5.82 Å². The summed E-state index contributed by atoms with van der Waals surface area (Å²) in [5.74, 6) is 0.0532. The van der Waals surface area contributed by atoms with Gasteiger partial charge in [0.15, 0.2) is 0 Å². The number of aromatic carboxylic acids is 1. The lowest BCUT2D eigenvalue weighted by molar-refractivity contribution is -0.384. The van der Waals surface area contributed by atoms with Crippen molar-refractivity contribution in [2.45, 2.75) is 13.3 Å². The second-order valence-corrected chi connectivity index (χ2v) is 4.51. The number of nitro groups is 1. The van der Waals surface area contributed by atoms with Crippen LogP contribution in [0.3, 0.4) is 0 Å². The Morgan fingerprint density at radius 1 is 1.72 bits per heavy atom. The molecule has 1 saturated carbocycles. The third-order valence-electron chi connectivity index (χ3n) is 3.12. The lowest BCUT2D eigenvalue weighted by atomic mass is 10.2. The van der Waals surface area contributed by atoms with Crippen molar-refractivity contribution in [3.05, 3.63) is 27.9 Å². The number of pyridine rings is 1. The number of carboxylic acid groups (broad SMARTS) is 1. The molecule has 0 bridgehead atoms. The average molecular weight is 251 g/mol.